The summed E-state index contributed by atoms with van der Waals surface area (Å²) in [5.74, 6) is 0.321. The van der Waals surface area contributed by atoms with Crippen molar-refractivity contribution in [3.63, 3.8) is 0 Å². The molecule has 0 spiro atoms. The van der Waals surface area contributed by atoms with Crippen molar-refractivity contribution in [1.82, 2.24) is 15.6 Å². The summed E-state index contributed by atoms with van der Waals surface area (Å²) in [5.41, 5.74) is 0.342. The Morgan fingerprint density at radius 2 is 2.36 bits per heavy atom. The zero-order valence-electron chi connectivity index (χ0n) is 14.7. The van der Waals surface area contributed by atoms with Crippen LogP contribution in [-0.4, -0.2) is 50.0 Å². The van der Waals surface area contributed by atoms with Crippen LogP contribution in [0.2, 0.25) is 0 Å². The molecule has 0 aliphatic carbocycles. The van der Waals surface area contributed by atoms with E-state index >= 15 is 0 Å². The van der Waals surface area contributed by atoms with Crippen LogP contribution in [0.4, 0.5) is 4.39 Å². The first kappa shape index (κ1) is 22.0. The number of rotatable bonds is 9. The summed E-state index contributed by atoms with van der Waals surface area (Å²) in [6.45, 7) is 5.89. The number of pyridine rings is 1. The number of halogens is 2. The summed E-state index contributed by atoms with van der Waals surface area (Å²) in [6, 6.07) is 2.96. The van der Waals surface area contributed by atoms with Gasteiger partial charge in [-0.3, -0.25) is 4.98 Å². The van der Waals surface area contributed by atoms with Crippen LogP contribution in [0.15, 0.2) is 23.3 Å². The first-order valence-electron chi connectivity index (χ1n) is 8.60. The molecular formula is C17H28FIN4O2. The van der Waals surface area contributed by atoms with Crippen molar-refractivity contribution in [3.05, 3.63) is 29.8 Å². The minimum atomic E-state index is -0.334. The van der Waals surface area contributed by atoms with Crippen molar-refractivity contribution in [1.29, 1.82) is 0 Å². The topological polar surface area (TPSA) is 67.8 Å². The number of hydrogen-bond donors (Lipinski definition) is 2. The molecule has 2 rings (SSSR count). The van der Waals surface area contributed by atoms with Gasteiger partial charge in [0.05, 0.1) is 24.9 Å². The molecule has 1 saturated heterocycles. The Hall–Kier alpha value is -1.00. The number of ether oxygens (including phenoxy) is 2. The van der Waals surface area contributed by atoms with Gasteiger partial charge in [-0.15, -0.1) is 24.0 Å². The molecule has 1 fully saturated rings. The van der Waals surface area contributed by atoms with E-state index in [1.54, 1.807) is 12.3 Å². The summed E-state index contributed by atoms with van der Waals surface area (Å²) in [6.07, 6.45) is 4.94. The van der Waals surface area contributed by atoms with Crippen molar-refractivity contribution in [3.8, 4) is 0 Å². The largest absolute Gasteiger partial charge is 0.379 e. The van der Waals surface area contributed by atoms with Gasteiger partial charge >= 0.3 is 0 Å². The molecule has 1 aromatic heterocycles. The van der Waals surface area contributed by atoms with E-state index in [-0.39, 0.29) is 42.4 Å². The van der Waals surface area contributed by atoms with Crippen LogP contribution in [-0.2, 0) is 16.0 Å². The fraction of sp³-hybridized carbons (Fsp3) is 0.647. The second kappa shape index (κ2) is 13.2. The number of nitrogens with zero attached hydrogens (tertiary/aromatic N) is 2. The standard InChI is InChI=1S/C17H27FN4O2.HI/c1-2-19-17(22-12-16-15(18)7-3-8-20-16)21-9-5-10-23-13-14-6-4-11-24-14;/h3,7-8,14H,2,4-6,9-13H2,1H3,(H2,19,21,22);1H. The molecule has 2 heterocycles. The molecule has 0 amide bonds. The van der Waals surface area contributed by atoms with E-state index in [4.69, 9.17) is 9.47 Å². The quantitative estimate of drug-likeness (QED) is 0.254. The molecule has 1 aliphatic heterocycles. The lowest BCUT2D eigenvalue weighted by Crippen LogP contribution is -2.38. The predicted molar refractivity (Wildman–Crippen MR) is 107 cm³/mol. The highest BCUT2D eigenvalue weighted by Gasteiger charge is 2.14. The Kier molecular flexibility index (Phi) is 11.7. The van der Waals surface area contributed by atoms with Gasteiger partial charge < -0.3 is 20.1 Å². The molecule has 0 saturated carbocycles. The van der Waals surface area contributed by atoms with Gasteiger partial charge in [-0.05, 0) is 38.3 Å². The van der Waals surface area contributed by atoms with E-state index in [9.17, 15) is 4.39 Å². The van der Waals surface area contributed by atoms with E-state index in [0.29, 0.717) is 24.9 Å². The Balaban J connectivity index is 0.00000312. The third kappa shape index (κ3) is 8.77. The highest BCUT2D eigenvalue weighted by Crippen LogP contribution is 2.11. The van der Waals surface area contributed by atoms with Crippen LogP contribution in [0.5, 0.6) is 0 Å². The van der Waals surface area contributed by atoms with E-state index in [1.165, 1.54) is 6.07 Å². The third-order valence-electron chi connectivity index (χ3n) is 3.65. The Bertz CT molecular complexity index is 513. The zero-order valence-corrected chi connectivity index (χ0v) is 17.0. The Morgan fingerprint density at radius 3 is 3.08 bits per heavy atom. The second-order valence-corrected chi connectivity index (χ2v) is 5.62. The summed E-state index contributed by atoms with van der Waals surface area (Å²) in [4.78, 5) is 8.36. The average molecular weight is 466 g/mol. The highest BCUT2D eigenvalue weighted by molar-refractivity contribution is 14.0. The van der Waals surface area contributed by atoms with Crippen molar-refractivity contribution in [2.45, 2.75) is 38.8 Å². The Labute approximate surface area is 166 Å². The smallest absolute Gasteiger partial charge is 0.191 e. The van der Waals surface area contributed by atoms with Crippen LogP contribution in [0.1, 0.15) is 31.9 Å². The van der Waals surface area contributed by atoms with E-state index in [2.05, 4.69) is 20.6 Å². The molecule has 1 atom stereocenters. The molecule has 0 aromatic carbocycles. The van der Waals surface area contributed by atoms with Gasteiger partial charge in [0.2, 0.25) is 0 Å². The lowest BCUT2D eigenvalue weighted by Gasteiger charge is -2.12. The van der Waals surface area contributed by atoms with Crippen LogP contribution in [0, 0.1) is 5.82 Å². The molecule has 1 unspecified atom stereocenters. The molecule has 0 bridgehead atoms. The van der Waals surface area contributed by atoms with Crippen LogP contribution < -0.4 is 10.6 Å². The van der Waals surface area contributed by atoms with E-state index in [0.717, 1.165) is 39.0 Å². The average Bonchev–Trinajstić information content (AvgIpc) is 3.10. The van der Waals surface area contributed by atoms with Gasteiger partial charge in [0, 0.05) is 32.5 Å². The molecule has 6 nitrogen and oxygen atoms in total. The lowest BCUT2D eigenvalue weighted by atomic mass is 10.2. The minimum absolute atomic E-state index is 0. The summed E-state index contributed by atoms with van der Waals surface area (Å²) in [5, 5.41) is 6.35. The first-order chi connectivity index (χ1) is 11.8. The molecule has 142 valence electrons. The predicted octanol–water partition coefficient (Wildman–Crippen LogP) is 2.48. The fourth-order valence-corrected chi connectivity index (χ4v) is 2.40. The number of guanidine groups is 1. The molecule has 2 N–H and O–H groups in total. The van der Waals surface area contributed by atoms with Gasteiger partial charge in [-0.25, -0.2) is 9.38 Å². The van der Waals surface area contributed by atoms with Crippen molar-refractivity contribution < 1.29 is 13.9 Å². The van der Waals surface area contributed by atoms with Crippen molar-refractivity contribution >= 4 is 29.9 Å². The lowest BCUT2D eigenvalue weighted by molar-refractivity contribution is 0.0168. The minimum Gasteiger partial charge on any atom is -0.379 e. The maximum Gasteiger partial charge on any atom is 0.191 e. The normalized spacial score (nSPS) is 17.2. The molecule has 8 heteroatoms. The molecular weight excluding hydrogens is 438 g/mol. The monoisotopic (exact) mass is 466 g/mol. The first-order valence-corrected chi connectivity index (χ1v) is 8.60. The number of aliphatic imine (C=N–C) groups is 1. The fourth-order valence-electron chi connectivity index (χ4n) is 2.40. The summed E-state index contributed by atoms with van der Waals surface area (Å²) in [7, 11) is 0. The molecule has 1 aromatic rings. The van der Waals surface area contributed by atoms with Crippen LogP contribution in [0.25, 0.3) is 0 Å². The van der Waals surface area contributed by atoms with Gasteiger partial charge in [0.15, 0.2) is 5.96 Å². The maximum absolute atomic E-state index is 13.5. The zero-order chi connectivity index (χ0) is 17.0. The second-order valence-electron chi connectivity index (χ2n) is 5.62. The summed E-state index contributed by atoms with van der Waals surface area (Å²) >= 11 is 0. The van der Waals surface area contributed by atoms with Crippen molar-refractivity contribution in [2.24, 2.45) is 4.99 Å². The van der Waals surface area contributed by atoms with Gasteiger partial charge in [-0.2, -0.15) is 0 Å². The number of hydrogen-bond acceptors (Lipinski definition) is 4. The van der Waals surface area contributed by atoms with Gasteiger partial charge in [0.1, 0.15) is 5.82 Å². The van der Waals surface area contributed by atoms with Crippen molar-refractivity contribution in [2.75, 3.05) is 32.9 Å². The highest BCUT2D eigenvalue weighted by atomic mass is 127. The van der Waals surface area contributed by atoms with E-state index < -0.39 is 0 Å². The van der Waals surface area contributed by atoms with Crippen LogP contribution >= 0.6 is 24.0 Å². The third-order valence-corrected chi connectivity index (χ3v) is 3.65. The molecule has 0 radical (unpaired) electrons. The van der Waals surface area contributed by atoms with Gasteiger partial charge in [-0.1, -0.05) is 0 Å². The SMILES string of the molecule is CCNC(=NCc1ncccc1F)NCCCOCC1CCCO1.I. The van der Waals surface area contributed by atoms with Crippen LogP contribution in [0.3, 0.4) is 0 Å². The van der Waals surface area contributed by atoms with E-state index in [1.807, 2.05) is 6.92 Å². The van der Waals surface area contributed by atoms with Gasteiger partial charge in [0.25, 0.3) is 0 Å². The maximum atomic E-state index is 13.5. The number of nitrogens with one attached hydrogen (secondary N) is 2. The Morgan fingerprint density at radius 1 is 1.48 bits per heavy atom. The molecule has 25 heavy (non-hydrogen) atoms. The summed E-state index contributed by atoms with van der Waals surface area (Å²) < 4.78 is 24.7. The molecule has 1 aliphatic rings. The number of aromatic nitrogens is 1.